The van der Waals surface area contributed by atoms with Crippen LogP contribution in [0.2, 0.25) is 0 Å². The fraction of sp³-hybridized carbons (Fsp3) is 0.348. The number of anilines is 1. The molecule has 3 aromatic rings. The van der Waals surface area contributed by atoms with Gasteiger partial charge in [0.2, 0.25) is 0 Å². The third-order valence-corrected chi connectivity index (χ3v) is 5.16. The first-order valence-electron chi connectivity index (χ1n) is 10.1. The molecule has 1 saturated heterocycles. The molecule has 4 rings (SSSR count). The van der Waals surface area contributed by atoms with Crippen molar-refractivity contribution in [3.63, 3.8) is 0 Å². The number of benzene rings is 1. The van der Waals surface area contributed by atoms with Gasteiger partial charge in [-0.1, -0.05) is 11.2 Å². The lowest BCUT2D eigenvalue weighted by atomic mass is 9.98. The zero-order chi connectivity index (χ0) is 21.1. The van der Waals surface area contributed by atoms with Gasteiger partial charge in [0.1, 0.15) is 5.76 Å². The molecule has 30 heavy (non-hydrogen) atoms. The summed E-state index contributed by atoms with van der Waals surface area (Å²) in [6, 6.07) is 12.2. The minimum atomic E-state index is -0.253. The van der Waals surface area contributed by atoms with E-state index in [1.165, 1.54) is 0 Å². The molecule has 0 radical (unpaired) electrons. The number of ether oxygens (including phenoxy) is 1. The van der Waals surface area contributed by atoms with E-state index in [-0.39, 0.29) is 11.6 Å². The van der Waals surface area contributed by atoms with Crippen LogP contribution < -0.4 is 10.2 Å². The number of nitrogens with one attached hydrogen (secondary N) is 1. The van der Waals surface area contributed by atoms with Crippen molar-refractivity contribution in [2.45, 2.75) is 27.3 Å². The first-order valence-corrected chi connectivity index (χ1v) is 10.1. The number of pyridine rings is 1. The summed E-state index contributed by atoms with van der Waals surface area (Å²) in [5.41, 5.74) is 6.57. The van der Waals surface area contributed by atoms with E-state index < -0.39 is 0 Å². The average Bonchev–Trinajstić information content (AvgIpc) is 3.18. The lowest BCUT2D eigenvalue weighted by Gasteiger charge is -2.29. The Hall–Kier alpha value is -3.19. The number of morpholine rings is 1. The normalized spacial score (nSPS) is 14.0. The van der Waals surface area contributed by atoms with Crippen molar-refractivity contribution in [1.29, 1.82) is 0 Å². The molecule has 156 valence electrons. The second kappa shape index (κ2) is 8.67. The molecule has 1 amide bonds. The molecule has 0 saturated carbocycles. The van der Waals surface area contributed by atoms with E-state index in [1.807, 2.05) is 13.8 Å². The third-order valence-electron chi connectivity index (χ3n) is 5.16. The molecule has 3 heterocycles. The van der Waals surface area contributed by atoms with E-state index in [1.54, 1.807) is 13.0 Å². The summed E-state index contributed by atoms with van der Waals surface area (Å²) >= 11 is 0. The Morgan fingerprint density at radius 1 is 1.07 bits per heavy atom. The molecule has 1 aromatic carbocycles. The van der Waals surface area contributed by atoms with Crippen LogP contribution in [0.3, 0.4) is 0 Å². The lowest BCUT2D eigenvalue weighted by Crippen LogP contribution is -2.36. The van der Waals surface area contributed by atoms with E-state index in [4.69, 9.17) is 9.26 Å². The van der Waals surface area contributed by atoms with Crippen LogP contribution in [0.25, 0.3) is 11.1 Å². The summed E-state index contributed by atoms with van der Waals surface area (Å²) in [5.74, 6) is 0.356. The summed E-state index contributed by atoms with van der Waals surface area (Å²) < 4.78 is 10.5. The van der Waals surface area contributed by atoms with Gasteiger partial charge in [-0.25, -0.2) is 0 Å². The van der Waals surface area contributed by atoms with Gasteiger partial charge in [-0.15, -0.1) is 0 Å². The highest BCUT2D eigenvalue weighted by molar-refractivity contribution is 5.92. The van der Waals surface area contributed by atoms with Crippen molar-refractivity contribution >= 4 is 11.6 Å². The maximum Gasteiger partial charge on any atom is 0.273 e. The highest BCUT2D eigenvalue weighted by Gasteiger charge is 2.16. The number of carbonyl (C=O) groups excluding carboxylic acids is 1. The zero-order valence-corrected chi connectivity index (χ0v) is 17.6. The first-order chi connectivity index (χ1) is 14.5. The van der Waals surface area contributed by atoms with Crippen LogP contribution in [0.15, 0.2) is 40.9 Å². The second-order valence-corrected chi connectivity index (χ2v) is 7.58. The molecule has 1 fully saturated rings. The zero-order valence-electron chi connectivity index (χ0n) is 17.6. The minimum Gasteiger partial charge on any atom is -0.378 e. The second-order valence-electron chi connectivity index (χ2n) is 7.58. The molecule has 7 nitrogen and oxygen atoms in total. The Balaban J connectivity index is 1.65. The molecule has 0 unspecified atom stereocenters. The molecular weight excluding hydrogens is 380 g/mol. The van der Waals surface area contributed by atoms with Gasteiger partial charge >= 0.3 is 0 Å². The number of aryl methyl sites for hydroxylation is 3. The Bertz CT molecular complexity index is 1030. The minimum absolute atomic E-state index is 0.253. The number of amides is 1. The van der Waals surface area contributed by atoms with E-state index in [0.717, 1.165) is 60.1 Å². The summed E-state index contributed by atoms with van der Waals surface area (Å²) in [6.07, 6.45) is 0. The molecule has 1 aliphatic rings. The number of nitrogens with zero attached hydrogens (tertiary/aromatic N) is 3. The molecule has 1 N–H and O–H groups in total. The van der Waals surface area contributed by atoms with Crippen molar-refractivity contribution in [1.82, 2.24) is 15.5 Å². The van der Waals surface area contributed by atoms with E-state index in [9.17, 15) is 4.79 Å². The number of hydrogen-bond acceptors (Lipinski definition) is 6. The van der Waals surface area contributed by atoms with Crippen molar-refractivity contribution in [2.24, 2.45) is 0 Å². The summed E-state index contributed by atoms with van der Waals surface area (Å²) in [4.78, 5) is 19.3. The average molecular weight is 406 g/mol. The van der Waals surface area contributed by atoms with Crippen LogP contribution >= 0.6 is 0 Å². The number of aromatic nitrogens is 2. The summed E-state index contributed by atoms with van der Waals surface area (Å²) in [5, 5.41) is 6.78. The fourth-order valence-corrected chi connectivity index (χ4v) is 3.76. The van der Waals surface area contributed by atoms with Crippen LogP contribution in [0, 0.1) is 20.8 Å². The van der Waals surface area contributed by atoms with Gasteiger partial charge in [0.25, 0.3) is 5.91 Å². The fourth-order valence-electron chi connectivity index (χ4n) is 3.76. The molecule has 0 atom stereocenters. The van der Waals surface area contributed by atoms with Crippen molar-refractivity contribution in [2.75, 3.05) is 31.2 Å². The first kappa shape index (κ1) is 20.1. The Labute approximate surface area is 176 Å². The summed E-state index contributed by atoms with van der Waals surface area (Å²) in [7, 11) is 0. The largest absolute Gasteiger partial charge is 0.378 e. The Morgan fingerprint density at radius 2 is 1.80 bits per heavy atom. The smallest absolute Gasteiger partial charge is 0.273 e. The molecule has 0 bridgehead atoms. The summed E-state index contributed by atoms with van der Waals surface area (Å²) in [6.45, 7) is 9.30. The Morgan fingerprint density at radius 3 is 2.47 bits per heavy atom. The number of hydrogen-bond donors (Lipinski definition) is 1. The molecule has 0 spiro atoms. The molecule has 7 heteroatoms. The lowest BCUT2D eigenvalue weighted by molar-refractivity contribution is 0.0942. The monoisotopic (exact) mass is 406 g/mol. The molecule has 1 aliphatic heterocycles. The SMILES string of the molecule is Cc1cc(-c2ccc(N3CCOCC3)cc2CNC(=O)c2cc(C)on2)cc(C)n1. The number of carbonyl (C=O) groups is 1. The van der Waals surface area contributed by atoms with Gasteiger partial charge in [-0.2, -0.15) is 0 Å². The van der Waals surface area contributed by atoms with Gasteiger partial charge in [0, 0.05) is 42.8 Å². The van der Waals surface area contributed by atoms with Crippen LogP contribution in [0.1, 0.15) is 33.2 Å². The maximum absolute atomic E-state index is 12.5. The van der Waals surface area contributed by atoms with Crippen LogP contribution in [-0.2, 0) is 11.3 Å². The van der Waals surface area contributed by atoms with Crippen molar-refractivity contribution in [3.8, 4) is 11.1 Å². The topological polar surface area (TPSA) is 80.5 Å². The van der Waals surface area contributed by atoms with Crippen molar-refractivity contribution < 1.29 is 14.1 Å². The Kier molecular flexibility index (Phi) is 5.81. The molecule has 2 aromatic heterocycles. The van der Waals surface area contributed by atoms with Crippen LogP contribution in [0.5, 0.6) is 0 Å². The highest BCUT2D eigenvalue weighted by atomic mass is 16.5. The van der Waals surface area contributed by atoms with Gasteiger partial charge in [0.15, 0.2) is 5.69 Å². The van der Waals surface area contributed by atoms with Gasteiger partial charge < -0.3 is 19.5 Å². The van der Waals surface area contributed by atoms with Crippen LogP contribution in [0.4, 0.5) is 5.69 Å². The molecule has 0 aliphatic carbocycles. The highest BCUT2D eigenvalue weighted by Crippen LogP contribution is 2.29. The maximum atomic E-state index is 12.5. The third kappa shape index (κ3) is 4.52. The van der Waals surface area contributed by atoms with Gasteiger partial charge in [-0.05, 0) is 61.7 Å². The number of rotatable bonds is 5. The van der Waals surface area contributed by atoms with Crippen LogP contribution in [-0.4, -0.2) is 42.4 Å². The van der Waals surface area contributed by atoms with E-state index in [0.29, 0.717) is 12.3 Å². The predicted octanol–water partition coefficient (Wildman–Crippen LogP) is 3.43. The van der Waals surface area contributed by atoms with E-state index >= 15 is 0 Å². The van der Waals surface area contributed by atoms with E-state index in [2.05, 4.69) is 50.7 Å². The molecular formula is C23H26N4O3. The van der Waals surface area contributed by atoms with Crippen molar-refractivity contribution in [3.05, 3.63) is 64.8 Å². The van der Waals surface area contributed by atoms with Gasteiger partial charge in [0.05, 0.1) is 13.2 Å². The van der Waals surface area contributed by atoms with Gasteiger partial charge in [-0.3, -0.25) is 9.78 Å². The quantitative estimate of drug-likeness (QED) is 0.699. The predicted molar refractivity (Wildman–Crippen MR) is 115 cm³/mol. The standard InChI is InChI=1S/C23H26N4O3/c1-15-10-18(11-16(2)25-15)21-5-4-20(27-6-8-29-9-7-27)13-19(21)14-24-23(28)22-12-17(3)30-26-22/h4-5,10-13H,6-9,14H2,1-3H3,(H,24,28).